The molecule has 6 nitrogen and oxygen atoms in total. The molecule has 0 bridgehead atoms. The zero-order valence-electron chi connectivity index (χ0n) is 8.88. The third-order valence-electron chi connectivity index (χ3n) is 2.21. The summed E-state index contributed by atoms with van der Waals surface area (Å²) in [6.07, 6.45) is 3.61. The second-order valence-corrected chi connectivity index (χ2v) is 3.33. The van der Waals surface area contributed by atoms with Crippen LogP contribution in [-0.4, -0.2) is 10.9 Å². The summed E-state index contributed by atoms with van der Waals surface area (Å²) in [5.41, 5.74) is 10.1. The van der Waals surface area contributed by atoms with Crippen molar-refractivity contribution in [3.8, 4) is 0 Å². The summed E-state index contributed by atoms with van der Waals surface area (Å²) in [6.45, 7) is 0. The van der Waals surface area contributed by atoms with Crippen LogP contribution >= 0.6 is 0 Å². The fourth-order valence-corrected chi connectivity index (χ4v) is 1.47. The van der Waals surface area contributed by atoms with Crippen LogP contribution in [-0.2, 0) is 6.42 Å². The van der Waals surface area contributed by atoms with Gasteiger partial charge in [0.25, 0.3) is 0 Å². The Morgan fingerprint density at radius 1 is 1.47 bits per heavy atom. The Kier molecular flexibility index (Phi) is 3.25. The molecule has 17 heavy (non-hydrogen) atoms. The van der Waals surface area contributed by atoms with Crippen molar-refractivity contribution in [2.75, 3.05) is 0 Å². The van der Waals surface area contributed by atoms with Crippen LogP contribution in [0.1, 0.15) is 21.8 Å². The number of hydrogen-bond donors (Lipinski definition) is 2. The number of aromatic nitrogens is 1. The maximum atomic E-state index is 11.5. The summed E-state index contributed by atoms with van der Waals surface area (Å²) in [7, 11) is 0. The Bertz CT molecular complexity index is 521. The molecule has 2 rings (SSSR count). The van der Waals surface area contributed by atoms with Gasteiger partial charge in [-0.2, -0.15) is 5.53 Å². The van der Waals surface area contributed by atoms with Crippen LogP contribution in [0.5, 0.6) is 0 Å². The molecule has 6 heteroatoms. The van der Waals surface area contributed by atoms with Gasteiger partial charge in [-0.25, -0.2) is 5.43 Å². The molecule has 1 amide bonds. The molecule has 0 radical (unpaired) electrons. The maximum Gasteiger partial charge on any atom is 0.308 e. The lowest BCUT2D eigenvalue weighted by atomic mass is 10.1. The van der Waals surface area contributed by atoms with Gasteiger partial charge in [-0.05, 0) is 18.2 Å². The van der Waals surface area contributed by atoms with Crippen LogP contribution in [0, 0.1) is 5.53 Å². The number of furan rings is 1. The lowest BCUT2D eigenvalue weighted by molar-refractivity contribution is 0.0921. The van der Waals surface area contributed by atoms with Gasteiger partial charge in [-0.15, -0.1) is 0 Å². The van der Waals surface area contributed by atoms with Crippen molar-refractivity contribution in [2.45, 2.75) is 6.42 Å². The highest BCUT2D eigenvalue weighted by Crippen LogP contribution is 2.14. The molecule has 2 heterocycles. The molecule has 0 aliphatic heterocycles. The first-order valence-corrected chi connectivity index (χ1v) is 4.94. The van der Waals surface area contributed by atoms with Gasteiger partial charge in [0.1, 0.15) is 0 Å². The summed E-state index contributed by atoms with van der Waals surface area (Å²) in [5.74, 6) is -0.373. The van der Waals surface area contributed by atoms with Crippen LogP contribution in [0.4, 0.5) is 0 Å². The first-order valence-electron chi connectivity index (χ1n) is 4.94. The van der Waals surface area contributed by atoms with Gasteiger partial charge in [0.15, 0.2) is 5.76 Å². The molecule has 0 atom stereocenters. The van der Waals surface area contributed by atoms with Crippen molar-refractivity contribution in [2.24, 2.45) is 5.22 Å². The molecular formula is C11H10N4O2. The van der Waals surface area contributed by atoms with Gasteiger partial charge in [0.2, 0.25) is 0 Å². The SMILES string of the molecule is N=NNC(=O)c1occc1Cc1ccccn1. The van der Waals surface area contributed by atoms with Gasteiger partial charge in [0.05, 0.1) is 6.26 Å². The molecule has 0 saturated carbocycles. The van der Waals surface area contributed by atoms with E-state index >= 15 is 0 Å². The van der Waals surface area contributed by atoms with E-state index in [1.54, 1.807) is 12.3 Å². The molecule has 2 aromatic heterocycles. The largest absolute Gasteiger partial charge is 0.459 e. The van der Waals surface area contributed by atoms with E-state index in [2.05, 4.69) is 10.2 Å². The van der Waals surface area contributed by atoms with E-state index in [0.717, 1.165) is 5.69 Å². The number of pyridine rings is 1. The van der Waals surface area contributed by atoms with Gasteiger partial charge >= 0.3 is 5.91 Å². The Hall–Kier alpha value is -2.50. The van der Waals surface area contributed by atoms with E-state index in [1.165, 1.54) is 6.26 Å². The number of rotatable bonds is 4. The highest BCUT2D eigenvalue weighted by molar-refractivity contribution is 5.92. The van der Waals surface area contributed by atoms with Crippen LogP contribution in [0.2, 0.25) is 0 Å². The van der Waals surface area contributed by atoms with Crippen LogP contribution in [0.3, 0.4) is 0 Å². The van der Waals surface area contributed by atoms with E-state index in [4.69, 9.17) is 9.95 Å². The predicted molar refractivity (Wildman–Crippen MR) is 58.4 cm³/mol. The summed E-state index contributed by atoms with van der Waals surface area (Å²) in [6, 6.07) is 7.27. The average molecular weight is 230 g/mol. The highest BCUT2D eigenvalue weighted by atomic mass is 16.3. The number of hydrogen-bond acceptors (Lipinski definition) is 5. The average Bonchev–Trinajstić information content (AvgIpc) is 2.79. The molecule has 86 valence electrons. The van der Waals surface area contributed by atoms with E-state index in [0.29, 0.717) is 12.0 Å². The standard InChI is InChI=1S/C11H10N4O2/c12-15-14-11(16)10-8(4-6-17-10)7-9-3-1-2-5-13-9/h1-6H,7H2,(H2,12,14,16). The zero-order chi connectivity index (χ0) is 12.1. The topological polar surface area (TPSA) is 91.3 Å². The van der Waals surface area contributed by atoms with Crippen molar-refractivity contribution in [3.05, 3.63) is 53.7 Å². The van der Waals surface area contributed by atoms with Gasteiger partial charge in [-0.3, -0.25) is 9.78 Å². The first kappa shape index (κ1) is 11.0. The Labute approximate surface area is 97.2 Å². The summed E-state index contributed by atoms with van der Waals surface area (Å²) < 4.78 is 5.07. The molecule has 0 saturated heterocycles. The first-order chi connectivity index (χ1) is 8.31. The van der Waals surface area contributed by atoms with Crippen molar-refractivity contribution >= 4 is 5.91 Å². The fourth-order valence-electron chi connectivity index (χ4n) is 1.47. The maximum absolute atomic E-state index is 11.5. The van der Waals surface area contributed by atoms with Crippen LogP contribution in [0.15, 0.2) is 46.4 Å². The monoisotopic (exact) mass is 230 g/mol. The lowest BCUT2D eigenvalue weighted by Gasteiger charge is -2.00. The highest BCUT2D eigenvalue weighted by Gasteiger charge is 2.15. The number of carbonyl (C=O) groups excluding carboxylic acids is 1. The number of nitrogens with one attached hydrogen (secondary N) is 2. The number of carbonyl (C=O) groups is 1. The van der Waals surface area contributed by atoms with Gasteiger partial charge in [-0.1, -0.05) is 11.3 Å². The molecule has 0 aromatic carbocycles. The van der Waals surface area contributed by atoms with Crippen LogP contribution in [0.25, 0.3) is 0 Å². The molecule has 2 aromatic rings. The smallest absolute Gasteiger partial charge is 0.308 e. The van der Waals surface area contributed by atoms with E-state index in [1.807, 2.05) is 23.6 Å². The Balaban J connectivity index is 2.20. The predicted octanol–water partition coefficient (Wildman–Crippen LogP) is 1.94. The fraction of sp³-hybridized carbons (Fsp3) is 0.0909. The molecule has 0 aliphatic rings. The third-order valence-corrected chi connectivity index (χ3v) is 2.21. The molecular weight excluding hydrogens is 220 g/mol. The second kappa shape index (κ2) is 5.02. The van der Waals surface area contributed by atoms with Crippen molar-refractivity contribution in [3.63, 3.8) is 0 Å². The quantitative estimate of drug-likeness (QED) is 0.621. The van der Waals surface area contributed by atoms with E-state index < -0.39 is 5.91 Å². The normalized spacial score (nSPS) is 9.88. The second-order valence-electron chi connectivity index (χ2n) is 3.33. The van der Waals surface area contributed by atoms with Gasteiger partial charge < -0.3 is 4.42 Å². The summed E-state index contributed by atoms with van der Waals surface area (Å²) in [5, 5.41) is 2.81. The number of nitrogens with zero attached hydrogens (tertiary/aromatic N) is 2. The minimum Gasteiger partial charge on any atom is -0.459 e. The van der Waals surface area contributed by atoms with Crippen molar-refractivity contribution in [1.29, 1.82) is 5.53 Å². The minimum atomic E-state index is -0.532. The lowest BCUT2D eigenvalue weighted by Crippen LogP contribution is -2.17. The molecule has 0 spiro atoms. The zero-order valence-corrected chi connectivity index (χ0v) is 8.88. The Morgan fingerprint density at radius 2 is 2.35 bits per heavy atom. The Morgan fingerprint density at radius 3 is 3.06 bits per heavy atom. The van der Waals surface area contributed by atoms with E-state index in [-0.39, 0.29) is 5.76 Å². The molecule has 0 fully saturated rings. The van der Waals surface area contributed by atoms with Crippen molar-refractivity contribution < 1.29 is 9.21 Å². The molecule has 0 aliphatic carbocycles. The molecule has 0 unspecified atom stereocenters. The van der Waals surface area contributed by atoms with Crippen LogP contribution < -0.4 is 5.43 Å². The molecule has 2 N–H and O–H groups in total. The third kappa shape index (κ3) is 2.54. The number of amides is 1. The van der Waals surface area contributed by atoms with E-state index in [9.17, 15) is 4.79 Å². The summed E-state index contributed by atoms with van der Waals surface area (Å²) >= 11 is 0. The summed E-state index contributed by atoms with van der Waals surface area (Å²) in [4.78, 5) is 15.6. The van der Waals surface area contributed by atoms with Gasteiger partial charge in [0, 0.05) is 23.9 Å². The minimum absolute atomic E-state index is 0.159. The van der Waals surface area contributed by atoms with Crippen molar-refractivity contribution in [1.82, 2.24) is 10.4 Å².